The Morgan fingerprint density at radius 1 is 1.40 bits per heavy atom. The second kappa shape index (κ2) is 5.71. The number of carbonyl (C=O) groups excluding carboxylic acids is 1. The van der Waals surface area contributed by atoms with E-state index < -0.39 is 0 Å². The quantitative estimate of drug-likeness (QED) is 0.739. The van der Waals surface area contributed by atoms with E-state index >= 15 is 0 Å². The van der Waals surface area contributed by atoms with Gasteiger partial charge >= 0.3 is 0 Å². The molecule has 0 saturated carbocycles. The first-order chi connectivity index (χ1) is 6.77. The number of amides is 1. The van der Waals surface area contributed by atoms with Crippen LogP contribution >= 0.6 is 12.4 Å². The van der Waals surface area contributed by atoms with E-state index in [1.807, 2.05) is 0 Å². The van der Waals surface area contributed by atoms with Crippen molar-refractivity contribution < 1.29 is 4.79 Å². The number of rotatable bonds is 1. The van der Waals surface area contributed by atoms with Crippen molar-refractivity contribution in [2.24, 2.45) is 11.8 Å². The maximum Gasteiger partial charge on any atom is 0.227 e. The number of hydrogen-bond acceptors (Lipinski definition) is 2. The van der Waals surface area contributed by atoms with Gasteiger partial charge in [0.25, 0.3) is 0 Å². The van der Waals surface area contributed by atoms with E-state index in [1.165, 1.54) is 12.8 Å². The van der Waals surface area contributed by atoms with Crippen molar-refractivity contribution in [3.63, 3.8) is 0 Å². The lowest BCUT2D eigenvalue weighted by atomic mass is 9.98. The Labute approximate surface area is 98.0 Å². The van der Waals surface area contributed by atoms with Crippen LogP contribution < -0.4 is 5.32 Å². The maximum atomic E-state index is 12.0. The average molecular weight is 233 g/mol. The van der Waals surface area contributed by atoms with Gasteiger partial charge in [-0.1, -0.05) is 6.92 Å². The third-order valence-electron chi connectivity index (χ3n) is 3.38. The molecule has 3 nitrogen and oxygen atoms in total. The lowest BCUT2D eigenvalue weighted by Crippen LogP contribution is -2.42. The summed E-state index contributed by atoms with van der Waals surface area (Å²) in [5.74, 6) is 1.35. The van der Waals surface area contributed by atoms with Gasteiger partial charge in [0.05, 0.1) is 5.92 Å². The fourth-order valence-corrected chi connectivity index (χ4v) is 2.51. The minimum atomic E-state index is 0. The zero-order chi connectivity index (χ0) is 9.97. The van der Waals surface area contributed by atoms with Gasteiger partial charge in [0, 0.05) is 19.6 Å². The molecule has 2 aliphatic heterocycles. The van der Waals surface area contributed by atoms with Crippen molar-refractivity contribution in [1.82, 2.24) is 10.2 Å². The first-order valence-corrected chi connectivity index (χ1v) is 5.77. The highest BCUT2D eigenvalue weighted by atomic mass is 35.5. The van der Waals surface area contributed by atoms with Gasteiger partial charge in [-0.15, -0.1) is 12.4 Å². The number of halogens is 1. The van der Waals surface area contributed by atoms with Gasteiger partial charge in [0.15, 0.2) is 0 Å². The summed E-state index contributed by atoms with van der Waals surface area (Å²) in [6, 6.07) is 0. The summed E-state index contributed by atoms with van der Waals surface area (Å²) >= 11 is 0. The molecule has 88 valence electrons. The molecule has 2 rings (SSSR count). The summed E-state index contributed by atoms with van der Waals surface area (Å²) in [6.45, 7) is 6.12. The van der Waals surface area contributed by atoms with Crippen molar-refractivity contribution in [2.45, 2.75) is 26.2 Å². The first-order valence-electron chi connectivity index (χ1n) is 5.77. The largest absolute Gasteiger partial charge is 0.342 e. The zero-order valence-corrected chi connectivity index (χ0v) is 10.2. The molecule has 0 aromatic heterocycles. The van der Waals surface area contributed by atoms with Gasteiger partial charge in [-0.3, -0.25) is 4.79 Å². The summed E-state index contributed by atoms with van der Waals surface area (Å²) in [7, 11) is 0. The monoisotopic (exact) mass is 232 g/mol. The van der Waals surface area contributed by atoms with Crippen molar-refractivity contribution in [2.75, 3.05) is 26.2 Å². The fourth-order valence-electron chi connectivity index (χ4n) is 2.51. The highest BCUT2D eigenvalue weighted by molar-refractivity contribution is 5.85. The highest BCUT2D eigenvalue weighted by Crippen LogP contribution is 2.19. The molecule has 0 aromatic rings. The van der Waals surface area contributed by atoms with Crippen LogP contribution in [-0.2, 0) is 4.79 Å². The van der Waals surface area contributed by atoms with Crippen LogP contribution in [-0.4, -0.2) is 37.0 Å². The molecule has 0 aliphatic carbocycles. The molecule has 1 N–H and O–H groups in total. The summed E-state index contributed by atoms with van der Waals surface area (Å²) in [6.07, 6.45) is 3.50. The minimum Gasteiger partial charge on any atom is -0.342 e. The summed E-state index contributed by atoms with van der Waals surface area (Å²) in [4.78, 5) is 14.1. The van der Waals surface area contributed by atoms with Crippen LogP contribution in [0.4, 0.5) is 0 Å². The Kier molecular flexibility index (Phi) is 4.87. The zero-order valence-electron chi connectivity index (χ0n) is 9.37. The maximum absolute atomic E-state index is 12.0. The molecule has 2 fully saturated rings. The van der Waals surface area contributed by atoms with Crippen LogP contribution in [0.2, 0.25) is 0 Å². The normalized spacial score (nSPS) is 31.1. The Morgan fingerprint density at radius 3 is 2.80 bits per heavy atom. The van der Waals surface area contributed by atoms with Gasteiger partial charge < -0.3 is 10.2 Å². The van der Waals surface area contributed by atoms with E-state index in [2.05, 4.69) is 17.1 Å². The molecule has 1 unspecified atom stereocenters. The standard InChI is InChI=1S/C11H20N2O.ClH/c1-9-3-2-6-13(8-9)11(14)10-4-5-12-7-10;/h9-10,12H,2-8H2,1H3;1H/t9-,10?;/m0./s1. The molecule has 2 saturated heterocycles. The molecule has 2 heterocycles. The lowest BCUT2D eigenvalue weighted by molar-refractivity contribution is -0.136. The number of nitrogens with one attached hydrogen (secondary N) is 1. The number of hydrogen-bond donors (Lipinski definition) is 1. The Morgan fingerprint density at radius 2 is 2.20 bits per heavy atom. The van der Waals surface area contributed by atoms with E-state index in [0.717, 1.165) is 32.6 Å². The van der Waals surface area contributed by atoms with Gasteiger partial charge in [-0.2, -0.15) is 0 Å². The smallest absolute Gasteiger partial charge is 0.227 e. The molecule has 2 atom stereocenters. The summed E-state index contributed by atoms with van der Waals surface area (Å²) < 4.78 is 0. The van der Waals surface area contributed by atoms with Crippen molar-refractivity contribution in [3.05, 3.63) is 0 Å². The van der Waals surface area contributed by atoms with Crippen LogP contribution in [0.1, 0.15) is 26.2 Å². The molecule has 4 heteroatoms. The van der Waals surface area contributed by atoms with Gasteiger partial charge in [0.2, 0.25) is 5.91 Å². The number of carbonyl (C=O) groups is 1. The van der Waals surface area contributed by atoms with E-state index in [9.17, 15) is 4.79 Å². The second-order valence-electron chi connectivity index (χ2n) is 4.72. The van der Waals surface area contributed by atoms with E-state index in [4.69, 9.17) is 0 Å². The third-order valence-corrected chi connectivity index (χ3v) is 3.38. The predicted octanol–water partition coefficient (Wildman–Crippen LogP) is 1.28. The molecule has 0 aromatic carbocycles. The molecule has 2 aliphatic rings. The minimum absolute atomic E-state index is 0. The average Bonchev–Trinajstić information content (AvgIpc) is 2.69. The topological polar surface area (TPSA) is 32.3 Å². The van der Waals surface area contributed by atoms with Crippen molar-refractivity contribution in [1.29, 1.82) is 0 Å². The third kappa shape index (κ3) is 3.08. The van der Waals surface area contributed by atoms with E-state index in [-0.39, 0.29) is 18.3 Å². The van der Waals surface area contributed by atoms with E-state index in [0.29, 0.717) is 11.8 Å². The summed E-state index contributed by atoms with van der Waals surface area (Å²) in [5, 5.41) is 3.26. The van der Waals surface area contributed by atoms with Gasteiger partial charge in [0.1, 0.15) is 0 Å². The SMILES string of the molecule is C[C@H]1CCCN(C(=O)C2CCNC2)C1.Cl. The number of nitrogens with zero attached hydrogens (tertiary/aromatic N) is 1. The highest BCUT2D eigenvalue weighted by Gasteiger charge is 2.29. The number of piperidine rings is 1. The van der Waals surface area contributed by atoms with Crippen LogP contribution in [0.25, 0.3) is 0 Å². The van der Waals surface area contributed by atoms with Crippen LogP contribution in [0.5, 0.6) is 0 Å². The predicted molar refractivity (Wildman–Crippen MR) is 63.2 cm³/mol. The van der Waals surface area contributed by atoms with Crippen molar-refractivity contribution in [3.8, 4) is 0 Å². The Hall–Kier alpha value is -0.280. The first kappa shape index (κ1) is 12.8. The van der Waals surface area contributed by atoms with Crippen LogP contribution in [0, 0.1) is 11.8 Å². The Balaban J connectivity index is 0.00000112. The second-order valence-corrected chi connectivity index (χ2v) is 4.72. The molecule has 0 radical (unpaired) electrons. The van der Waals surface area contributed by atoms with Crippen LogP contribution in [0.15, 0.2) is 0 Å². The molecular formula is C11H21ClN2O. The summed E-state index contributed by atoms with van der Waals surface area (Å²) in [5.41, 5.74) is 0. The van der Waals surface area contributed by atoms with Crippen LogP contribution in [0.3, 0.4) is 0 Å². The van der Waals surface area contributed by atoms with Gasteiger partial charge in [-0.25, -0.2) is 0 Å². The van der Waals surface area contributed by atoms with Crippen molar-refractivity contribution >= 4 is 18.3 Å². The van der Waals surface area contributed by atoms with E-state index in [1.54, 1.807) is 0 Å². The molecular weight excluding hydrogens is 212 g/mol. The molecule has 1 amide bonds. The fraction of sp³-hybridized carbons (Fsp3) is 0.909. The van der Waals surface area contributed by atoms with Gasteiger partial charge in [-0.05, 0) is 31.7 Å². The Bertz CT molecular complexity index is 217. The number of likely N-dealkylation sites (tertiary alicyclic amines) is 1. The lowest BCUT2D eigenvalue weighted by Gasteiger charge is -2.32. The molecule has 0 bridgehead atoms. The molecule has 0 spiro atoms. The molecule has 15 heavy (non-hydrogen) atoms.